The summed E-state index contributed by atoms with van der Waals surface area (Å²) in [5.41, 5.74) is -0.0852. The van der Waals surface area contributed by atoms with Crippen molar-refractivity contribution in [2.24, 2.45) is 11.3 Å². The molecular weight excluding hydrogens is 505 g/mol. The van der Waals surface area contributed by atoms with Crippen LogP contribution < -0.4 is 0 Å². The third kappa shape index (κ3) is 3.32. The summed E-state index contributed by atoms with van der Waals surface area (Å²) in [5, 5.41) is 23.0. The molecule has 2 spiro atoms. The predicted molar refractivity (Wildman–Crippen MR) is 142 cm³/mol. The number of pyridine rings is 1. The summed E-state index contributed by atoms with van der Waals surface area (Å²) in [6, 6.07) is 9.41. The standard InChI is InChI=1S/C31H33F3N2O3/c1-28-15-22(31(32,33)34)20-14-21-26(37)27(38)24(36(2)3)16-29(21)10-11-30(20,39-29)25(28)9-7-19(28)17-6-8-23-18(13-17)5-4-12-35-23/h4-8,12-14,24-27,37-38H,9-11,15-16H2,1-3H3. The summed E-state index contributed by atoms with van der Waals surface area (Å²) in [5.74, 6) is -0.176. The van der Waals surface area contributed by atoms with Crippen LogP contribution in [0.4, 0.5) is 13.2 Å². The first-order valence-corrected chi connectivity index (χ1v) is 13.7. The molecule has 2 N–H and O–H groups in total. The number of likely N-dealkylation sites (N-methyl/N-ethyl adjacent to an activating group) is 1. The lowest BCUT2D eigenvalue weighted by atomic mass is 9.56. The largest absolute Gasteiger partial charge is 0.413 e. The van der Waals surface area contributed by atoms with Crippen molar-refractivity contribution in [3.63, 3.8) is 0 Å². The van der Waals surface area contributed by atoms with Crippen LogP contribution in [0.3, 0.4) is 0 Å². The maximum atomic E-state index is 14.9. The Kier molecular flexibility index (Phi) is 5.24. The molecule has 0 amide bonds. The van der Waals surface area contributed by atoms with Crippen molar-refractivity contribution in [2.75, 3.05) is 14.1 Å². The number of hydrogen-bond acceptors (Lipinski definition) is 5. The molecule has 3 heterocycles. The number of rotatable bonds is 2. The summed E-state index contributed by atoms with van der Waals surface area (Å²) < 4.78 is 51.6. The number of aliphatic hydroxyl groups excluding tert-OH is 2. The fourth-order valence-corrected chi connectivity index (χ4v) is 8.62. The summed E-state index contributed by atoms with van der Waals surface area (Å²) in [6.07, 6.45) is 0.353. The highest BCUT2D eigenvalue weighted by Gasteiger charge is 2.69. The van der Waals surface area contributed by atoms with Crippen molar-refractivity contribution >= 4 is 16.5 Å². The molecule has 5 nitrogen and oxygen atoms in total. The molecule has 39 heavy (non-hydrogen) atoms. The summed E-state index contributed by atoms with van der Waals surface area (Å²) in [4.78, 5) is 6.27. The van der Waals surface area contributed by atoms with Gasteiger partial charge in [0.1, 0.15) is 6.10 Å². The molecule has 1 aromatic heterocycles. The first kappa shape index (κ1) is 25.4. The van der Waals surface area contributed by atoms with Crippen LogP contribution in [0.5, 0.6) is 0 Å². The Morgan fingerprint density at radius 3 is 2.67 bits per heavy atom. The molecule has 1 aromatic carbocycles. The molecule has 7 unspecified atom stereocenters. The Labute approximate surface area is 225 Å². The third-order valence-electron chi connectivity index (χ3n) is 10.4. The molecule has 206 valence electrons. The van der Waals surface area contributed by atoms with Gasteiger partial charge in [0.15, 0.2) is 0 Å². The van der Waals surface area contributed by atoms with Crippen molar-refractivity contribution in [1.82, 2.24) is 9.88 Å². The molecule has 2 aromatic rings. The molecule has 7 rings (SSSR count). The van der Waals surface area contributed by atoms with E-state index in [1.807, 2.05) is 56.3 Å². The topological polar surface area (TPSA) is 65.8 Å². The Morgan fingerprint density at radius 2 is 1.92 bits per heavy atom. The van der Waals surface area contributed by atoms with E-state index >= 15 is 0 Å². The number of nitrogens with zero attached hydrogens (tertiary/aromatic N) is 2. The van der Waals surface area contributed by atoms with Crippen LogP contribution >= 0.6 is 0 Å². The quantitative estimate of drug-likeness (QED) is 0.551. The van der Waals surface area contributed by atoms with Gasteiger partial charge in [-0.2, -0.15) is 13.2 Å². The SMILES string of the molecule is CN(C)C1CC23CCC4(O2)C(=C(C(F)(F)F)CC2(C)C(c5ccc6ncccc6c5)=CCC24)C=C3C(O)C1O. The number of benzene rings is 1. The Balaban J connectivity index is 1.39. The number of allylic oxidation sites excluding steroid dienone is 3. The van der Waals surface area contributed by atoms with Gasteiger partial charge in [0.25, 0.3) is 0 Å². The maximum Gasteiger partial charge on any atom is 0.413 e. The van der Waals surface area contributed by atoms with Gasteiger partial charge in [0.05, 0.1) is 22.8 Å². The Bertz CT molecular complexity index is 1480. The molecule has 3 aliphatic carbocycles. The highest BCUT2D eigenvalue weighted by Crippen LogP contribution is 2.70. The van der Waals surface area contributed by atoms with Crippen LogP contribution in [0.1, 0.15) is 44.6 Å². The molecule has 8 heteroatoms. The van der Waals surface area contributed by atoms with Crippen LogP contribution in [0.15, 0.2) is 65.4 Å². The minimum absolute atomic E-state index is 0.158. The second kappa shape index (κ2) is 8.03. The average Bonchev–Trinajstić information content (AvgIpc) is 3.40. The lowest BCUT2D eigenvalue weighted by molar-refractivity contribution is -0.170. The number of aromatic nitrogens is 1. The highest BCUT2D eigenvalue weighted by molar-refractivity contribution is 5.85. The normalized spacial score (nSPS) is 39.4. The van der Waals surface area contributed by atoms with Crippen LogP contribution in [0, 0.1) is 11.3 Å². The molecule has 2 aliphatic heterocycles. The number of halogens is 3. The van der Waals surface area contributed by atoms with E-state index in [1.165, 1.54) is 0 Å². The first-order chi connectivity index (χ1) is 18.4. The van der Waals surface area contributed by atoms with Crippen LogP contribution in [0.2, 0.25) is 0 Å². The minimum Gasteiger partial charge on any atom is -0.388 e. The maximum absolute atomic E-state index is 14.9. The average molecular weight is 539 g/mol. The van der Waals surface area contributed by atoms with Crippen LogP contribution in [0.25, 0.3) is 16.5 Å². The number of fused-ring (bicyclic) bond motifs is 2. The van der Waals surface area contributed by atoms with Crippen molar-refractivity contribution < 1.29 is 28.1 Å². The second-order valence-corrected chi connectivity index (χ2v) is 12.6. The minimum atomic E-state index is -4.55. The van der Waals surface area contributed by atoms with Gasteiger partial charge >= 0.3 is 6.18 Å². The number of hydrogen-bond donors (Lipinski definition) is 2. The molecular formula is C31H33F3N2O3. The van der Waals surface area contributed by atoms with Gasteiger partial charge in [-0.15, -0.1) is 0 Å². The molecule has 2 fully saturated rings. The van der Waals surface area contributed by atoms with Crippen molar-refractivity contribution in [3.8, 4) is 0 Å². The fraction of sp³-hybridized carbons (Fsp3) is 0.516. The Hall–Kier alpha value is -2.52. The summed E-state index contributed by atoms with van der Waals surface area (Å²) in [6.45, 7) is 1.97. The zero-order valence-electron chi connectivity index (χ0n) is 22.3. The van der Waals surface area contributed by atoms with E-state index in [-0.39, 0.29) is 24.0 Å². The second-order valence-electron chi connectivity index (χ2n) is 12.6. The van der Waals surface area contributed by atoms with Crippen molar-refractivity contribution in [1.29, 1.82) is 0 Å². The number of aliphatic hydroxyl groups is 2. The number of ether oxygens (including phenoxy) is 1. The fourth-order valence-electron chi connectivity index (χ4n) is 8.62. The van der Waals surface area contributed by atoms with Crippen molar-refractivity contribution in [2.45, 2.75) is 74.7 Å². The molecule has 1 saturated carbocycles. The van der Waals surface area contributed by atoms with E-state index in [0.717, 1.165) is 22.0 Å². The zero-order valence-corrected chi connectivity index (χ0v) is 22.3. The lowest BCUT2D eigenvalue weighted by Crippen LogP contribution is -2.62. The molecule has 2 bridgehead atoms. The monoisotopic (exact) mass is 538 g/mol. The van der Waals surface area contributed by atoms with E-state index in [4.69, 9.17) is 4.74 Å². The highest BCUT2D eigenvalue weighted by atomic mass is 19.4. The Morgan fingerprint density at radius 1 is 1.13 bits per heavy atom. The van der Waals surface area contributed by atoms with Gasteiger partial charge in [0, 0.05) is 34.5 Å². The number of alkyl halides is 3. The summed E-state index contributed by atoms with van der Waals surface area (Å²) in [7, 11) is 3.69. The van der Waals surface area contributed by atoms with Gasteiger partial charge in [-0.1, -0.05) is 31.2 Å². The van der Waals surface area contributed by atoms with Gasteiger partial charge in [0.2, 0.25) is 0 Å². The molecule has 0 radical (unpaired) electrons. The van der Waals surface area contributed by atoms with E-state index < -0.39 is 40.6 Å². The van der Waals surface area contributed by atoms with E-state index in [1.54, 1.807) is 12.3 Å². The van der Waals surface area contributed by atoms with Crippen LogP contribution in [-0.4, -0.2) is 69.8 Å². The van der Waals surface area contributed by atoms with Crippen molar-refractivity contribution in [3.05, 3.63) is 71.0 Å². The van der Waals surface area contributed by atoms with Gasteiger partial charge in [-0.3, -0.25) is 4.98 Å². The van der Waals surface area contributed by atoms with E-state index in [0.29, 0.717) is 31.3 Å². The third-order valence-corrected chi connectivity index (χ3v) is 10.4. The van der Waals surface area contributed by atoms with Gasteiger partial charge in [-0.25, -0.2) is 0 Å². The molecule has 5 aliphatic rings. The van der Waals surface area contributed by atoms with Crippen LogP contribution in [-0.2, 0) is 4.74 Å². The predicted octanol–water partition coefficient (Wildman–Crippen LogP) is 5.19. The molecule has 1 saturated heterocycles. The van der Waals surface area contributed by atoms with Gasteiger partial charge in [-0.05, 0) is 86.7 Å². The lowest BCUT2D eigenvalue weighted by Gasteiger charge is -2.57. The van der Waals surface area contributed by atoms with E-state index in [9.17, 15) is 23.4 Å². The zero-order chi connectivity index (χ0) is 27.5. The smallest absolute Gasteiger partial charge is 0.388 e. The molecule has 7 atom stereocenters. The van der Waals surface area contributed by atoms with Gasteiger partial charge < -0.3 is 19.8 Å². The first-order valence-electron chi connectivity index (χ1n) is 13.7. The van der Waals surface area contributed by atoms with E-state index in [2.05, 4.69) is 11.1 Å². The summed E-state index contributed by atoms with van der Waals surface area (Å²) >= 11 is 0.